The zero-order chi connectivity index (χ0) is 16.0. The van der Waals surface area contributed by atoms with E-state index >= 15 is 0 Å². The van der Waals surface area contributed by atoms with Gasteiger partial charge in [0.25, 0.3) is 0 Å². The van der Waals surface area contributed by atoms with Crippen LogP contribution in [0, 0.1) is 0 Å². The molecule has 0 aliphatic carbocycles. The predicted octanol–water partition coefficient (Wildman–Crippen LogP) is 4.73. The first-order valence-electron chi connectivity index (χ1n) is 8.52. The smallest absolute Gasteiger partial charge is 0.0275 e. The van der Waals surface area contributed by atoms with E-state index in [1.807, 2.05) is 0 Å². The summed E-state index contributed by atoms with van der Waals surface area (Å²) in [5, 5.41) is 8.07. The largest absolute Gasteiger partial charge is 0.287 e. The van der Waals surface area contributed by atoms with Gasteiger partial charge in [0.05, 0.1) is 0 Å². The van der Waals surface area contributed by atoms with Gasteiger partial charge in [-0.1, -0.05) is 62.5 Å². The zero-order valence-corrected chi connectivity index (χ0v) is 15.9. The van der Waals surface area contributed by atoms with E-state index < -0.39 is 0 Å². The van der Waals surface area contributed by atoms with Gasteiger partial charge < -0.3 is 0 Å². The Morgan fingerprint density at radius 2 is 1.65 bits per heavy atom. The van der Waals surface area contributed by atoms with E-state index in [9.17, 15) is 0 Å². The Bertz CT molecular complexity index is 692. The third-order valence-corrected chi connectivity index (χ3v) is 11.7. The molecule has 2 aromatic carbocycles. The molecule has 4 atom stereocenters. The quantitative estimate of drug-likeness (QED) is 0.779. The fourth-order valence-electron chi connectivity index (χ4n) is 3.96. The van der Waals surface area contributed by atoms with E-state index in [0.29, 0.717) is 0 Å². The maximum atomic E-state index is 4.03. The molecule has 120 valence electrons. The lowest BCUT2D eigenvalue weighted by atomic mass is 9.99. The topological polar surface area (TPSA) is 12.0 Å². The third-order valence-electron chi connectivity index (χ3n) is 4.76. The Kier molecular flexibility index (Phi) is 4.09. The van der Waals surface area contributed by atoms with Crippen molar-refractivity contribution >= 4 is 26.6 Å². The van der Waals surface area contributed by atoms with Crippen LogP contribution in [0.3, 0.4) is 0 Å². The van der Waals surface area contributed by atoms with Crippen LogP contribution in [0.15, 0.2) is 54.6 Å². The zero-order valence-electron chi connectivity index (χ0n) is 14.2. The summed E-state index contributed by atoms with van der Waals surface area (Å²) >= 11 is 0. The Morgan fingerprint density at radius 1 is 0.957 bits per heavy atom. The number of hydrogen-bond acceptors (Lipinski definition) is 1. The average molecular weight is 341 g/mol. The van der Waals surface area contributed by atoms with E-state index in [-0.39, 0.29) is 21.5 Å². The molecule has 0 aromatic heterocycles. The highest BCUT2D eigenvalue weighted by Crippen LogP contribution is 2.70. The number of fused-ring (bicyclic) bond motifs is 3. The van der Waals surface area contributed by atoms with Gasteiger partial charge in [-0.05, 0) is 55.4 Å². The van der Waals surface area contributed by atoms with Crippen molar-refractivity contribution < 1.29 is 0 Å². The Balaban J connectivity index is 1.75. The van der Waals surface area contributed by atoms with Gasteiger partial charge in [0.1, 0.15) is 0 Å². The van der Waals surface area contributed by atoms with E-state index in [0.717, 1.165) is 11.3 Å². The van der Waals surface area contributed by atoms with E-state index in [4.69, 9.17) is 0 Å². The first-order chi connectivity index (χ1) is 11.0. The molecule has 4 unspecified atom stereocenters. The molecule has 1 saturated heterocycles. The summed E-state index contributed by atoms with van der Waals surface area (Å²) in [4.78, 5) is 0. The number of rotatable bonds is 2. The molecule has 2 aliphatic rings. The summed E-state index contributed by atoms with van der Waals surface area (Å²) in [5.41, 5.74) is 1.81. The molecule has 0 saturated carbocycles. The molecule has 0 amide bonds. The standard InChI is InChI=1S/C20H25NP2/c1-20(2,3)21-23-18-12-8-7-11-16(18)17-13-14-22(19(17)23)15-9-5-4-6-10-15/h4-12,17,19,21H,13-14H2,1-3H3. The molecule has 4 rings (SSSR count). The van der Waals surface area contributed by atoms with E-state index in [1.165, 1.54) is 12.6 Å². The van der Waals surface area contributed by atoms with Gasteiger partial charge in [-0.3, -0.25) is 5.09 Å². The second-order valence-corrected chi connectivity index (χ2v) is 12.5. The van der Waals surface area contributed by atoms with Crippen LogP contribution in [0.1, 0.15) is 38.7 Å². The highest BCUT2D eigenvalue weighted by molar-refractivity contribution is 7.83. The molecule has 2 aliphatic heterocycles. The molecule has 0 radical (unpaired) electrons. The van der Waals surface area contributed by atoms with Gasteiger partial charge in [-0.2, -0.15) is 0 Å². The molecule has 2 aromatic rings. The lowest BCUT2D eigenvalue weighted by Gasteiger charge is -2.33. The van der Waals surface area contributed by atoms with Crippen LogP contribution in [0.2, 0.25) is 0 Å². The summed E-state index contributed by atoms with van der Waals surface area (Å²) in [7, 11) is -0.326. The van der Waals surface area contributed by atoms with Crippen molar-refractivity contribution in [3.63, 3.8) is 0 Å². The minimum atomic E-state index is -0.274. The molecule has 2 heterocycles. The molecule has 1 N–H and O–H groups in total. The molecular formula is C20H25NP2. The fourth-order valence-corrected chi connectivity index (χ4v) is 11.8. The van der Waals surface area contributed by atoms with Crippen LogP contribution >= 0.6 is 16.0 Å². The molecule has 3 heteroatoms. The van der Waals surface area contributed by atoms with Gasteiger partial charge >= 0.3 is 0 Å². The summed E-state index contributed by atoms with van der Waals surface area (Å²) < 4.78 is 0. The average Bonchev–Trinajstić information content (AvgIpc) is 3.08. The highest BCUT2D eigenvalue weighted by Gasteiger charge is 2.49. The van der Waals surface area contributed by atoms with Crippen LogP contribution in [0.4, 0.5) is 0 Å². The minimum Gasteiger partial charge on any atom is -0.287 e. The van der Waals surface area contributed by atoms with Gasteiger partial charge in [0, 0.05) is 19.0 Å². The van der Waals surface area contributed by atoms with Crippen LogP contribution < -0.4 is 15.7 Å². The van der Waals surface area contributed by atoms with E-state index in [2.05, 4.69) is 80.5 Å². The highest BCUT2D eigenvalue weighted by atomic mass is 31.2. The van der Waals surface area contributed by atoms with Gasteiger partial charge in [-0.25, -0.2) is 0 Å². The SMILES string of the molecule is CC(C)(C)NP1c2ccccc2C2CCP(c3ccccc3)C21. The van der Waals surface area contributed by atoms with Crippen molar-refractivity contribution in [2.45, 2.75) is 44.0 Å². The molecule has 0 spiro atoms. The first-order valence-corrected chi connectivity index (χ1v) is 11.5. The van der Waals surface area contributed by atoms with Gasteiger partial charge in [0.2, 0.25) is 0 Å². The van der Waals surface area contributed by atoms with Crippen molar-refractivity contribution in [2.75, 3.05) is 6.16 Å². The fraction of sp³-hybridized carbons (Fsp3) is 0.400. The molecule has 0 bridgehead atoms. The predicted molar refractivity (Wildman–Crippen MR) is 105 cm³/mol. The maximum absolute atomic E-state index is 4.03. The van der Waals surface area contributed by atoms with Crippen molar-refractivity contribution in [2.24, 2.45) is 0 Å². The van der Waals surface area contributed by atoms with E-state index in [1.54, 1.807) is 16.2 Å². The van der Waals surface area contributed by atoms with Crippen molar-refractivity contribution in [1.29, 1.82) is 0 Å². The number of nitrogens with one attached hydrogen (secondary N) is 1. The summed E-state index contributed by atoms with van der Waals surface area (Å²) in [6, 6.07) is 20.5. The van der Waals surface area contributed by atoms with Crippen molar-refractivity contribution in [1.82, 2.24) is 5.09 Å². The lowest BCUT2D eigenvalue weighted by molar-refractivity contribution is 0.529. The second kappa shape index (κ2) is 5.96. The summed E-state index contributed by atoms with van der Waals surface area (Å²) in [6.45, 7) is 6.93. The van der Waals surface area contributed by atoms with Crippen LogP contribution in [0.25, 0.3) is 0 Å². The maximum Gasteiger partial charge on any atom is 0.0275 e. The first kappa shape index (κ1) is 15.8. The second-order valence-electron chi connectivity index (χ2n) is 7.63. The molecule has 1 nitrogen and oxygen atoms in total. The number of hydrogen-bond donors (Lipinski definition) is 1. The normalized spacial score (nSPS) is 29.3. The summed E-state index contributed by atoms with van der Waals surface area (Å²) in [6.07, 6.45) is 2.76. The van der Waals surface area contributed by atoms with Gasteiger partial charge in [-0.15, -0.1) is 0 Å². The Labute approximate surface area is 142 Å². The van der Waals surface area contributed by atoms with Crippen LogP contribution in [-0.4, -0.2) is 17.1 Å². The van der Waals surface area contributed by atoms with Crippen molar-refractivity contribution in [3.8, 4) is 0 Å². The van der Waals surface area contributed by atoms with Crippen LogP contribution in [0.5, 0.6) is 0 Å². The molecule has 1 fully saturated rings. The Hall–Kier alpha value is -0.740. The van der Waals surface area contributed by atoms with Crippen molar-refractivity contribution in [3.05, 3.63) is 60.2 Å². The Morgan fingerprint density at radius 3 is 2.39 bits per heavy atom. The summed E-state index contributed by atoms with van der Waals surface area (Å²) in [5.74, 6) is 0.776. The van der Waals surface area contributed by atoms with Gasteiger partial charge in [0.15, 0.2) is 0 Å². The monoisotopic (exact) mass is 341 g/mol. The third kappa shape index (κ3) is 2.89. The van der Waals surface area contributed by atoms with Crippen LogP contribution in [-0.2, 0) is 0 Å². The molecule has 23 heavy (non-hydrogen) atoms. The molecular weight excluding hydrogens is 316 g/mol. The lowest BCUT2D eigenvalue weighted by Crippen LogP contribution is -2.35. The minimum absolute atomic E-state index is 0.0529. The number of benzene rings is 2.